The highest BCUT2D eigenvalue weighted by Gasteiger charge is 2.26. The average molecular weight is 278 g/mol. The Kier molecular flexibility index (Phi) is 4.48. The van der Waals surface area contributed by atoms with Gasteiger partial charge in [-0.15, -0.1) is 0 Å². The van der Waals surface area contributed by atoms with E-state index in [1.807, 2.05) is 30.3 Å². The van der Waals surface area contributed by atoms with Gasteiger partial charge in [-0.05, 0) is 23.1 Å². The molecule has 0 N–H and O–H groups in total. The molecular formula is C17H17F3. The Labute approximate surface area is 117 Å². The summed E-state index contributed by atoms with van der Waals surface area (Å²) in [5.74, 6) is 0.243. The van der Waals surface area contributed by atoms with Crippen molar-refractivity contribution in [1.82, 2.24) is 0 Å². The van der Waals surface area contributed by atoms with Crippen LogP contribution in [0.25, 0.3) is 0 Å². The standard InChI is InChI=1S/C17H17F3/c1-13(15-5-3-2-4-6-15)16-9-7-14(8-10-16)11-12-17(18,19)20/h2-10,13H,11-12H2,1H3. The summed E-state index contributed by atoms with van der Waals surface area (Å²) in [6.07, 6.45) is -4.81. The molecule has 1 atom stereocenters. The number of benzene rings is 2. The van der Waals surface area contributed by atoms with Crippen LogP contribution in [-0.2, 0) is 6.42 Å². The summed E-state index contributed by atoms with van der Waals surface area (Å²) in [4.78, 5) is 0. The van der Waals surface area contributed by atoms with Crippen molar-refractivity contribution in [3.05, 3.63) is 71.3 Å². The van der Waals surface area contributed by atoms with Crippen LogP contribution >= 0.6 is 0 Å². The highest BCUT2D eigenvalue weighted by Crippen LogP contribution is 2.26. The van der Waals surface area contributed by atoms with Crippen molar-refractivity contribution < 1.29 is 13.2 Å². The van der Waals surface area contributed by atoms with Crippen LogP contribution in [-0.4, -0.2) is 6.18 Å². The van der Waals surface area contributed by atoms with Gasteiger partial charge in [0.25, 0.3) is 0 Å². The topological polar surface area (TPSA) is 0 Å². The van der Waals surface area contributed by atoms with Gasteiger partial charge in [-0.2, -0.15) is 13.2 Å². The van der Waals surface area contributed by atoms with Crippen molar-refractivity contribution in [1.29, 1.82) is 0 Å². The monoisotopic (exact) mass is 278 g/mol. The summed E-state index contributed by atoms with van der Waals surface area (Å²) < 4.78 is 36.5. The molecule has 106 valence electrons. The maximum absolute atomic E-state index is 12.2. The van der Waals surface area contributed by atoms with Gasteiger partial charge < -0.3 is 0 Å². The number of hydrogen-bond acceptors (Lipinski definition) is 0. The molecule has 0 fully saturated rings. The molecule has 2 aromatic rings. The Hall–Kier alpha value is -1.77. The maximum atomic E-state index is 12.2. The Balaban J connectivity index is 2.05. The van der Waals surface area contributed by atoms with Gasteiger partial charge in [0.2, 0.25) is 0 Å². The zero-order chi connectivity index (χ0) is 14.6. The largest absolute Gasteiger partial charge is 0.389 e. The highest BCUT2D eigenvalue weighted by atomic mass is 19.4. The third-order valence-corrected chi connectivity index (χ3v) is 3.48. The van der Waals surface area contributed by atoms with E-state index in [9.17, 15) is 13.2 Å². The van der Waals surface area contributed by atoms with Gasteiger partial charge in [-0.3, -0.25) is 0 Å². The predicted octanol–water partition coefficient (Wildman–Crippen LogP) is 5.33. The number of aryl methyl sites for hydroxylation is 1. The minimum Gasteiger partial charge on any atom is -0.171 e. The van der Waals surface area contributed by atoms with E-state index in [2.05, 4.69) is 19.1 Å². The van der Waals surface area contributed by atoms with E-state index in [0.29, 0.717) is 0 Å². The summed E-state index contributed by atoms with van der Waals surface area (Å²) >= 11 is 0. The van der Waals surface area contributed by atoms with Gasteiger partial charge in [0.05, 0.1) is 0 Å². The molecule has 1 unspecified atom stereocenters. The lowest BCUT2D eigenvalue weighted by Crippen LogP contribution is -2.08. The molecule has 0 aliphatic carbocycles. The zero-order valence-electron chi connectivity index (χ0n) is 11.3. The normalized spacial score (nSPS) is 13.2. The van der Waals surface area contributed by atoms with Gasteiger partial charge in [-0.1, -0.05) is 61.5 Å². The van der Waals surface area contributed by atoms with Crippen molar-refractivity contribution in [2.24, 2.45) is 0 Å². The van der Waals surface area contributed by atoms with Crippen molar-refractivity contribution in [3.63, 3.8) is 0 Å². The summed E-state index contributed by atoms with van der Waals surface area (Å²) in [5.41, 5.74) is 3.05. The molecule has 0 bridgehead atoms. The number of rotatable bonds is 4. The molecule has 3 heteroatoms. The lowest BCUT2D eigenvalue weighted by atomic mass is 9.92. The van der Waals surface area contributed by atoms with E-state index in [1.165, 1.54) is 5.56 Å². The van der Waals surface area contributed by atoms with Crippen LogP contribution in [0.15, 0.2) is 54.6 Å². The zero-order valence-corrected chi connectivity index (χ0v) is 11.3. The van der Waals surface area contributed by atoms with Gasteiger partial charge in [0.1, 0.15) is 0 Å². The number of hydrogen-bond donors (Lipinski definition) is 0. The van der Waals surface area contributed by atoms with Gasteiger partial charge in [0.15, 0.2) is 0 Å². The second-order valence-electron chi connectivity index (χ2n) is 4.99. The fourth-order valence-corrected chi connectivity index (χ4v) is 2.19. The molecule has 0 aromatic heterocycles. The third-order valence-electron chi connectivity index (χ3n) is 3.48. The minimum absolute atomic E-state index is 0.0451. The first kappa shape index (κ1) is 14.6. The molecule has 0 spiro atoms. The lowest BCUT2D eigenvalue weighted by molar-refractivity contribution is -0.133. The molecule has 0 heterocycles. The molecule has 0 aliphatic heterocycles. The molecular weight excluding hydrogens is 261 g/mol. The lowest BCUT2D eigenvalue weighted by Gasteiger charge is -2.13. The highest BCUT2D eigenvalue weighted by molar-refractivity contribution is 5.33. The molecule has 0 nitrogen and oxygen atoms in total. The molecule has 0 saturated heterocycles. The fourth-order valence-electron chi connectivity index (χ4n) is 2.19. The van der Waals surface area contributed by atoms with Gasteiger partial charge in [-0.25, -0.2) is 0 Å². The average Bonchev–Trinajstić information content (AvgIpc) is 2.45. The van der Waals surface area contributed by atoms with Gasteiger partial charge >= 0.3 is 6.18 Å². The maximum Gasteiger partial charge on any atom is 0.389 e. The predicted molar refractivity (Wildman–Crippen MR) is 74.8 cm³/mol. The van der Waals surface area contributed by atoms with Crippen LogP contribution < -0.4 is 0 Å². The van der Waals surface area contributed by atoms with E-state index in [-0.39, 0.29) is 12.3 Å². The van der Waals surface area contributed by atoms with Crippen LogP contribution in [0.2, 0.25) is 0 Å². The molecule has 0 saturated carbocycles. The summed E-state index contributed by atoms with van der Waals surface area (Å²) in [7, 11) is 0. The Morgan fingerprint density at radius 1 is 0.850 bits per heavy atom. The van der Waals surface area contributed by atoms with Crippen LogP contribution in [0.5, 0.6) is 0 Å². The second-order valence-corrected chi connectivity index (χ2v) is 4.99. The molecule has 2 rings (SSSR count). The number of alkyl halides is 3. The first-order chi connectivity index (χ1) is 9.46. The first-order valence-electron chi connectivity index (χ1n) is 6.66. The molecule has 0 amide bonds. The Morgan fingerprint density at radius 2 is 1.40 bits per heavy atom. The van der Waals surface area contributed by atoms with E-state index in [1.54, 1.807) is 12.1 Å². The smallest absolute Gasteiger partial charge is 0.171 e. The molecule has 2 aromatic carbocycles. The van der Waals surface area contributed by atoms with Crippen LogP contribution in [0.1, 0.15) is 36.0 Å². The van der Waals surface area contributed by atoms with E-state index >= 15 is 0 Å². The first-order valence-corrected chi connectivity index (χ1v) is 6.66. The van der Waals surface area contributed by atoms with Crippen molar-refractivity contribution in [2.75, 3.05) is 0 Å². The van der Waals surface area contributed by atoms with Crippen LogP contribution in [0.4, 0.5) is 13.2 Å². The quantitative estimate of drug-likeness (QED) is 0.708. The summed E-state index contributed by atoms with van der Waals surface area (Å²) in [6.45, 7) is 2.10. The molecule has 20 heavy (non-hydrogen) atoms. The second kappa shape index (κ2) is 6.12. The van der Waals surface area contributed by atoms with Crippen LogP contribution in [0, 0.1) is 0 Å². The Morgan fingerprint density at radius 3 is 1.95 bits per heavy atom. The SMILES string of the molecule is CC(c1ccccc1)c1ccc(CCC(F)(F)F)cc1. The van der Waals surface area contributed by atoms with Crippen molar-refractivity contribution in [3.8, 4) is 0 Å². The van der Waals surface area contributed by atoms with E-state index in [4.69, 9.17) is 0 Å². The molecule has 0 radical (unpaired) electrons. The van der Waals surface area contributed by atoms with Crippen molar-refractivity contribution in [2.45, 2.75) is 31.9 Å². The van der Waals surface area contributed by atoms with Gasteiger partial charge in [0, 0.05) is 12.3 Å². The van der Waals surface area contributed by atoms with E-state index < -0.39 is 12.6 Å². The summed E-state index contributed by atoms with van der Waals surface area (Å²) in [5, 5.41) is 0. The fraction of sp³-hybridized carbons (Fsp3) is 0.294. The van der Waals surface area contributed by atoms with E-state index in [0.717, 1.165) is 11.1 Å². The molecule has 0 aliphatic rings. The third kappa shape index (κ3) is 4.12. The Bertz CT molecular complexity index is 526. The number of halogens is 3. The van der Waals surface area contributed by atoms with Crippen molar-refractivity contribution >= 4 is 0 Å². The van der Waals surface area contributed by atoms with Crippen LogP contribution in [0.3, 0.4) is 0 Å². The summed E-state index contributed by atoms with van der Waals surface area (Å²) in [6, 6.07) is 17.5. The minimum atomic E-state index is -4.09.